The minimum Gasteiger partial charge on any atom is -0.481 e. The second-order valence-electron chi connectivity index (χ2n) is 7.60. The number of likely N-dealkylation sites (tertiary alicyclic amines) is 1. The number of hydrogen-bond donors (Lipinski definition) is 2. The van der Waals surface area contributed by atoms with Crippen LogP contribution < -0.4 is 0 Å². The maximum atomic E-state index is 12.5. The normalized spacial score (nSPS) is 20.9. The SMILES string of the molecule is O=C(O)C1CC12CCN(C(=O)CCc1ccc(-c3ccccc3)[nH]1)CC2. The van der Waals surface area contributed by atoms with E-state index in [9.17, 15) is 9.59 Å². The highest BCUT2D eigenvalue weighted by atomic mass is 16.4. The number of carboxylic acids is 1. The smallest absolute Gasteiger partial charge is 0.307 e. The summed E-state index contributed by atoms with van der Waals surface area (Å²) in [5.41, 5.74) is 3.26. The van der Waals surface area contributed by atoms with Crippen LogP contribution in [0.15, 0.2) is 42.5 Å². The van der Waals surface area contributed by atoms with Crippen molar-refractivity contribution in [3.63, 3.8) is 0 Å². The zero-order chi connectivity index (χ0) is 18.1. The number of rotatable bonds is 5. The van der Waals surface area contributed by atoms with Crippen molar-refractivity contribution in [1.29, 1.82) is 0 Å². The Bertz CT molecular complexity index is 804. The van der Waals surface area contributed by atoms with Gasteiger partial charge in [-0.25, -0.2) is 0 Å². The molecule has 1 atom stereocenters. The minimum atomic E-state index is -0.675. The monoisotopic (exact) mass is 352 g/mol. The van der Waals surface area contributed by atoms with Gasteiger partial charge in [0.25, 0.3) is 0 Å². The third kappa shape index (κ3) is 3.26. The highest BCUT2D eigenvalue weighted by Crippen LogP contribution is 2.59. The number of benzene rings is 1. The molecular weight excluding hydrogens is 328 g/mol. The molecule has 1 amide bonds. The molecular formula is C21H24N2O3. The van der Waals surface area contributed by atoms with Crippen molar-refractivity contribution in [2.45, 2.75) is 32.1 Å². The van der Waals surface area contributed by atoms with Crippen molar-refractivity contribution in [2.24, 2.45) is 11.3 Å². The summed E-state index contributed by atoms with van der Waals surface area (Å²) < 4.78 is 0. The summed E-state index contributed by atoms with van der Waals surface area (Å²) in [7, 11) is 0. The van der Waals surface area contributed by atoms with E-state index in [2.05, 4.69) is 23.2 Å². The molecule has 2 heterocycles. The summed E-state index contributed by atoms with van der Waals surface area (Å²) in [5, 5.41) is 9.16. The Morgan fingerprint density at radius 3 is 2.50 bits per heavy atom. The van der Waals surface area contributed by atoms with Crippen molar-refractivity contribution in [1.82, 2.24) is 9.88 Å². The first-order valence-corrected chi connectivity index (χ1v) is 9.31. The van der Waals surface area contributed by atoms with Gasteiger partial charge in [0.1, 0.15) is 0 Å². The van der Waals surface area contributed by atoms with Crippen LogP contribution in [0.2, 0.25) is 0 Å². The third-order valence-electron chi connectivity index (χ3n) is 6.04. The zero-order valence-electron chi connectivity index (χ0n) is 14.8. The lowest BCUT2D eigenvalue weighted by molar-refractivity contribution is -0.139. The number of amides is 1. The van der Waals surface area contributed by atoms with Gasteiger partial charge in [0, 0.05) is 30.9 Å². The molecule has 2 aromatic rings. The number of aromatic nitrogens is 1. The van der Waals surface area contributed by atoms with Gasteiger partial charge in [0.2, 0.25) is 5.91 Å². The second kappa shape index (κ2) is 6.63. The third-order valence-corrected chi connectivity index (χ3v) is 6.04. The number of H-pyrrole nitrogens is 1. The lowest BCUT2D eigenvalue weighted by atomic mass is 9.90. The van der Waals surface area contributed by atoms with E-state index in [1.54, 1.807) is 0 Å². The topological polar surface area (TPSA) is 73.4 Å². The molecule has 0 radical (unpaired) electrons. The van der Waals surface area contributed by atoms with Crippen LogP contribution in [-0.4, -0.2) is 40.0 Å². The Kier molecular flexibility index (Phi) is 4.31. The first-order chi connectivity index (χ1) is 12.6. The van der Waals surface area contributed by atoms with Crippen molar-refractivity contribution in [3.05, 3.63) is 48.2 Å². The predicted molar refractivity (Wildman–Crippen MR) is 98.5 cm³/mol. The molecule has 1 aromatic carbocycles. The average molecular weight is 352 g/mol. The van der Waals surface area contributed by atoms with Crippen LogP contribution in [-0.2, 0) is 16.0 Å². The number of carboxylic acid groups (broad SMARTS) is 1. The molecule has 1 aromatic heterocycles. The molecule has 0 bridgehead atoms. The molecule has 1 aliphatic heterocycles. The number of aryl methyl sites for hydroxylation is 1. The Balaban J connectivity index is 1.27. The van der Waals surface area contributed by atoms with Crippen LogP contribution in [0.5, 0.6) is 0 Å². The number of hydrogen-bond acceptors (Lipinski definition) is 2. The van der Waals surface area contributed by atoms with Gasteiger partial charge in [-0.1, -0.05) is 30.3 Å². The van der Waals surface area contributed by atoms with E-state index in [-0.39, 0.29) is 17.2 Å². The molecule has 1 saturated carbocycles. The molecule has 1 spiro atoms. The lowest BCUT2D eigenvalue weighted by Crippen LogP contribution is -2.40. The maximum Gasteiger partial charge on any atom is 0.307 e. The van der Waals surface area contributed by atoms with Crippen LogP contribution in [0.3, 0.4) is 0 Å². The lowest BCUT2D eigenvalue weighted by Gasteiger charge is -2.32. The van der Waals surface area contributed by atoms with Crippen LogP contribution in [0.25, 0.3) is 11.3 Å². The molecule has 136 valence electrons. The van der Waals surface area contributed by atoms with Gasteiger partial charge >= 0.3 is 5.97 Å². The molecule has 1 unspecified atom stereocenters. The van der Waals surface area contributed by atoms with Gasteiger partial charge in [-0.15, -0.1) is 0 Å². The molecule has 2 fully saturated rings. The maximum absolute atomic E-state index is 12.5. The van der Waals surface area contributed by atoms with Crippen molar-refractivity contribution >= 4 is 11.9 Å². The van der Waals surface area contributed by atoms with Gasteiger partial charge in [0.15, 0.2) is 0 Å². The molecule has 5 heteroatoms. The summed E-state index contributed by atoms with van der Waals surface area (Å²) in [5.74, 6) is -0.691. The number of nitrogens with one attached hydrogen (secondary N) is 1. The summed E-state index contributed by atoms with van der Waals surface area (Å²) in [6.07, 6.45) is 3.64. The zero-order valence-corrected chi connectivity index (χ0v) is 14.8. The summed E-state index contributed by atoms with van der Waals surface area (Å²) in [6, 6.07) is 14.2. The number of piperidine rings is 1. The first kappa shape index (κ1) is 16.9. The van der Waals surface area contributed by atoms with Crippen molar-refractivity contribution in [3.8, 4) is 11.3 Å². The Labute approximate surface area is 153 Å². The average Bonchev–Trinajstić information content (AvgIpc) is 3.15. The van der Waals surface area contributed by atoms with Crippen LogP contribution >= 0.6 is 0 Å². The Morgan fingerprint density at radius 2 is 1.85 bits per heavy atom. The molecule has 2 aliphatic rings. The highest BCUT2D eigenvalue weighted by Gasteiger charge is 2.59. The highest BCUT2D eigenvalue weighted by molar-refractivity contribution is 5.77. The van der Waals surface area contributed by atoms with E-state index < -0.39 is 5.97 Å². The molecule has 26 heavy (non-hydrogen) atoms. The fourth-order valence-corrected chi connectivity index (χ4v) is 4.22. The first-order valence-electron chi connectivity index (χ1n) is 9.31. The summed E-state index contributed by atoms with van der Waals surface area (Å²) >= 11 is 0. The molecule has 1 aliphatic carbocycles. The van der Waals surface area contributed by atoms with Crippen LogP contribution in [0, 0.1) is 11.3 Å². The van der Waals surface area contributed by atoms with Crippen LogP contribution in [0.4, 0.5) is 0 Å². The van der Waals surface area contributed by atoms with E-state index >= 15 is 0 Å². The quantitative estimate of drug-likeness (QED) is 0.867. The van der Waals surface area contributed by atoms with Crippen LogP contribution in [0.1, 0.15) is 31.4 Å². The second-order valence-corrected chi connectivity index (χ2v) is 7.60. The largest absolute Gasteiger partial charge is 0.481 e. The fraction of sp³-hybridized carbons (Fsp3) is 0.429. The molecule has 1 saturated heterocycles. The number of aromatic amines is 1. The van der Waals surface area contributed by atoms with E-state index in [4.69, 9.17) is 5.11 Å². The Hall–Kier alpha value is -2.56. The molecule has 5 nitrogen and oxygen atoms in total. The number of aliphatic carboxylic acids is 1. The van der Waals surface area contributed by atoms with Gasteiger partial charge in [-0.2, -0.15) is 0 Å². The summed E-state index contributed by atoms with van der Waals surface area (Å²) in [6.45, 7) is 1.39. The summed E-state index contributed by atoms with van der Waals surface area (Å²) in [4.78, 5) is 28.9. The standard InChI is InChI=1S/C21H24N2O3/c24-19(23-12-10-21(11-13-23)14-17(21)20(25)26)9-7-16-6-8-18(22-16)15-4-2-1-3-5-15/h1-6,8,17,22H,7,9-14H2,(H,25,26). The Morgan fingerprint density at radius 1 is 1.12 bits per heavy atom. The number of carbonyl (C=O) groups excluding carboxylic acids is 1. The number of carbonyl (C=O) groups is 2. The van der Waals surface area contributed by atoms with Gasteiger partial charge in [0.05, 0.1) is 5.92 Å². The predicted octanol–water partition coefficient (Wildman–Crippen LogP) is 3.33. The van der Waals surface area contributed by atoms with E-state index in [0.717, 1.165) is 36.2 Å². The molecule has 2 N–H and O–H groups in total. The van der Waals surface area contributed by atoms with Crippen molar-refractivity contribution in [2.75, 3.05) is 13.1 Å². The van der Waals surface area contributed by atoms with E-state index in [1.807, 2.05) is 29.2 Å². The minimum absolute atomic E-state index is 0.0212. The van der Waals surface area contributed by atoms with Gasteiger partial charge in [-0.3, -0.25) is 9.59 Å². The number of nitrogens with zero attached hydrogens (tertiary/aromatic N) is 1. The van der Waals surface area contributed by atoms with E-state index in [0.29, 0.717) is 25.9 Å². The fourth-order valence-electron chi connectivity index (χ4n) is 4.22. The van der Waals surface area contributed by atoms with Gasteiger partial charge < -0.3 is 15.0 Å². The van der Waals surface area contributed by atoms with E-state index in [1.165, 1.54) is 0 Å². The van der Waals surface area contributed by atoms with Gasteiger partial charge in [-0.05, 0) is 48.8 Å². The molecule has 4 rings (SSSR count). The van der Waals surface area contributed by atoms with Crippen molar-refractivity contribution < 1.29 is 14.7 Å².